The van der Waals surface area contributed by atoms with E-state index in [1.807, 2.05) is 0 Å². The second-order valence-corrected chi connectivity index (χ2v) is 6.68. The minimum Gasteiger partial charge on any atom is -0.386 e. The molecule has 0 bridgehead atoms. The Morgan fingerprint density at radius 3 is 2.23 bits per heavy atom. The van der Waals surface area contributed by atoms with E-state index in [2.05, 4.69) is 4.18 Å². The summed E-state index contributed by atoms with van der Waals surface area (Å²) in [7, 11) is -4.55. The largest absolute Gasteiger partial charge is 0.416 e. The number of hydrogen-bond donors (Lipinski definition) is 1. The normalized spacial score (nSPS) is 13.4. The van der Waals surface area contributed by atoms with Gasteiger partial charge in [0.05, 0.1) is 17.1 Å². The molecule has 11 heteroatoms. The fourth-order valence-electron chi connectivity index (χ4n) is 2.03. The number of benzene rings is 2. The molecule has 26 heavy (non-hydrogen) atoms. The molecule has 0 aliphatic heterocycles. The fourth-order valence-corrected chi connectivity index (χ4v) is 3.11. The lowest BCUT2D eigenvalue weighted by Crippen LogP contribution is -2.15. The lowest BCUT2D eigenvalue weighted by Gasteiger charge is -2.13. The van der Waals surface area contributed by atoms with Crippen LogP contribution in [0.1, 0.15) is 17.2 Å². The predicted octanol–water partition coefficient (Wildman–Crippen LogP) is 3.05. The Bertz CT molecular complexity index is 896. The zero-order valence-corrected chi connectivity index (χ0v) is 13.7. The Hall–Kier alpha value is -2.50. The van der Waals surface area contributed by atoms with Gasteiger partial charge in [-0.05, 0) is 23.8 Å². The maximum atomic E-state index is 12.5. The molecule has 0 aliphatic rings. The highest BCUT2D eigenvalue weighted by atomic mass is 32.2. The van der Waals surface area contributed by atoms with Crippen molar-refractivity contribution in [2.75, 3.05) is 6.61 Å². The van der Waals surface area contributed by atoms with Gasteiger partial charge in [0.25, 0.3) is 5.69 Å². The molecule has 0 spiro atoms. The number of nitrogens with zero attached hydrogens (tertiary/aromatic N) is 1. The van der Waals surface area contributed by atoms with Crippen molar-refractivity contribution in [1.29, 1.82) is 0 Å². The van der Waals surface area contributed by atoms with Crippen LogP contribution in [0.4, 0.5) is 18.9 Å². The Balaban J connectivity index is 2.14. The first kappa shape index (κ1) is 19.8. The third-order valence-electron chi connectivity index (χ3n) is 3.34. The van der Waals surface area contributed by atoms with Crippen molar-refractivity contribution in [2.45, 2.75) is 17.2 Å². The number of nitro benzene ring substituents is 1. The van der Waals surface area contributed by atoms with Crippen LogP contribution in [0.25, 0.3) is 0 Å². The monoisotopic (exact) mass is 391 g/mol. The van der Waals surface area contributed by atoms with Crippen LogP contribution in [-0.4, -0.2) is 25.1 Å². The van der Waals surface area contributed by atoms with Gasteiger partial charge in [-0.25, -0.2) is 0 Å². The maximum Gasteiger partial charge on any atom is 0.416 e. The number of aliphatic hydroxyl groups is 1. The molecule has 0 aliphatic carbocycles. The van der Waals surface area contributed by atoms with Gasteiger partial charge in [0.2, 0.25) is 0 Å². The van der Waals surface area contributed by atoms with E-state index in [0.29, 0.717) is 0 Å². The summed E-state index contributed by atoms with van der Waals surface area (Å²) in [5, 5.41) is 20.8. The van der Waals surface area contributed by atoms with Crippen LogP contribution >= 0.6 is 0 Å². The van der Waals surface area contributed by atoms with Crippen molar-refractivity contribution in [1.82, 2.24) is 0 Å². The van der Waals surface area contributed by atoms with Crippen LogP contribution in [0, 0.1) is 10.1 Å². The van der Waals surface area contributed by atoms with Crippen LogP contribution in [0.3, 0.4) is 0 Å². The van der Waals surface area contributed by atoms with Crippen LogP contribution in [-0.2, 0) is 20.5 Å². The van der Waals surface area contributed by atoms with Crippen molar-refractivity contribution in [3.05, 3.63) is 69.8 Å². The lowest BCUT2D eigenvalue weighted by atomic mass is 10.1. The van der Waals surface area contributed by atoms with E-state index in [4.69, 9.17) is 0 Å². The predicted molar refractivity (Wildman–Crippen MR) is 82.6 cm³/mol. The van der Waals surface area contributed by atoms with Crippen molar-refractivity contribution in [3.8, 4) is 0 Å². The van der Waals surface area contributed by atoms with E-state index in [9.17, 15) is 36.8 Å². The van der Waals surface area contributed by atoms with Gasteiger partial charge in [0.15, 0.2) is 4.90 Å². The van der Waals surface area contributed by atoms with Crippen LogP contribution in [0.5, 0.6) is 0 Å². The summed E-state index contributed by atoms with van der Waals surface area (Å²) in [6.07, 6.45) is -6.09. The molecule has 0 amide bonds. The quantitative estimate of drug-likeness (QED) is 0.461. The molecule has 0 saturated heterocycles. The smallest absolute Gasteiger partial charge is 0.386 e. The highest BCUT2D eigenvalue weighted by Crippen LogP contribution is 2.30. The van der Waals surface area contributed by atoms with E-state index in [1.165, 1.54) is 12.1 Å². The van der Waals surface area contributed by atoms with E-state index in [-0.39, 0.29) is 5.56 Å². The molecule has 0 fully saturated rings. The van der Waals surface area contributed by atoms with Crippen molar-refractivity contribution < 1.29 is 35.8 Å². The van der Waals surface area contributed by atoms with E-state index in [1.54, 1.807) is 0 Å². The Morgan fingerprint density at radius 2 is 1.69 bits per heavy atom. The Morgan fingerprint density at radius 1 is 1.12 bits per heavy atom. The van der Waals surface area contributed by atoms with Crippen molar-refractivity contribution >= 4 is 15.8 Å². The molecule has 2 aromatic carbocycles. The van der Waals surface area contributed by atoms with Gasteiger partial charge in [-0.3, -0.25) is 14.3 Å². The SMILES string of the molecule is O=[N+]([O-])c1ccccc1S(=O)(=O)OCC(O)c1ccc(C(F)(F)F)cc1. The molecule has 2 aromatic rings. The first-order valence-corrected chi connectivity index (χ1v) is 8.41. The lowest BCUT2D eigenvalue weighted by molar-refractivity contribution is -0.387. The van der Waals surface area contributed by atoms with Crippen LogP contribution < -0.4 is 0 Å². The standard InChI is InChI=1S/C15H12F3NO6S/c16-15(17,18)11-7-5-10(6-8-11)13(20)9-25-26(23,24)14-4-2-1-3-12(14)19(21)22/h1-8,13,20H,9H2. The third-order valence-corrected chi connectivity index (χ3v) is 4.67. The van der Waals surface area contributed by atoms with Gasteiger partial charge in [0, 0.05) is 6.07 Å². The van der Waals surface area contributed by atoms with E-state index >= 15 is 0 Å². The topological polar surface area (TPSA) is 107 Å². The number of para-hydroxylation sites is 1. The molecule has 1 N–H and O–H groups in total. The van der Waals surface area contributed by atoms with E-state index in [0.717, 1.165) is 36.4 Å². The molecule has 2 rings (SSSR count). The first-order chi connectivity index (χ1) is 12.0. The average Bonchev–Trinajstić information content (AvgIpc) is 2.59. The Labute approximate surface area is 145 Å². The second-order valence-electron chi connectivity index (χ2n) is 5.10. The summed E-state index contributed by atoms with van der Waals surface area (Å²) in [6.45, 7) is -0.820. The van der Waals surface area contributed by atoms with Gasteiger partial charge in [-0.15, -0.1) is 0 Å². The van der Waals surface area contributed by atoms with Gasteiger partial charge in [-0.1, -0.05) is 24.3 Å². The third kappa shape index (κ3) is 4.56. The average molecular weight is 391 g/mol. The number of rotatable bonds is 6. The second kappa shape index (κ2) is 7.40. The maximum absolute atomic E-state index is 12.5. The molecule has 1 unspecified atom stereocenters. The number of halogens is 3. The summed E-state index contributed by atoms with van der Waals surface area (Å²) < 4.78 is 66.3. The summed E-state index contributed by atoms with van der Waals surface area (Å²) in [6, 6.07) is 7.90. The highest BCUT2D eigenvalue weighted by Gasteiger charge is 2.30. The summed E-state index contributed by atoms with van der Waals surface area (Å²) in [5.74, 6) is 0. The van der Waals surface area contributed by atoms with Gasteiger partial charge in [0.1, 0.15) is 6.10 Å². The number of aliphatic hydroxyl groups excluding tert-OH is 1. The highest BCUT2D eigenvalue weighted by molar-refractivity contribution is 7.87. The molecular weight excluding hydrogens is 379 g/mol. The van der Waals surface area contributed by atoms with Gasteiger partial charge in [-0.2, -0.15) is 21.6 Å². The molecule has 140 valence electrons. The zero-order valence-electron chi connectivity index (χ0n) is 12.9. The molecule has 0 saturated carbocycles. The minimum atomic E-state index is -4.55. The van der Waals surface area contributed by atoms with Crippen LogP contribution in [0.15, 0.2) is 53.4 Å². The minimum absolute atomic E-state index is 0.00392. The first-order valence-electron chi connectivity index (χ1n) is 7.00. The zero-order chi connectivity index (χ0) is 19.5. The molecule has 7 nitrogen and oxygen atoms in total. The Kier molecular flexibility index (Phi) is 5.64. The van der Waals surface area contributed by atoms with Gasteiger partial charge >= 0.3 is 16.3 Å². The number of hydrogen-bond acceptors (Lipinski definition) is 6. The van der Waals surface area contributed by atoms with Gasteiger partial charge < -0.3 is 5.11 Å². The molecule has 0 aromatic heterocycles. The van der Waals surface area contributed by atoms with E-state index < -0.39 is 50.1 Å². The summed E-state index contributed by atoms with van der Waals surface area (Å²) >= 11 is 0. The molecule has 0 heterocycles. The fraction of sp³-hybridized carbons (Fsp3) is 0.200. The summed E-state index contributed by atoms with van der Waals surface area (Å²) in [4.78, 5) is 9.29. The molecule has 1 atom stereocenters. The molecule has 0 radical (unpaired) electrons. The number of alkyl halides is 3. The summed E-state index contributed by atoms with van der Waals surface area (Å²) in [5.41, 5.74) is -1.63. The number of nitro groups is 1. The van der Waals surface area contributed by atoms with Crippen molar-refractivity contribution in [2.24, 2.45) is 0 Å². The molecular formula is C15H12F3NO6S. The van der Waals surface area contributed by atoms with Crippen LogP contribution in [0.2, 0.25) is 0 Å². The van der Waals surface area contributed by atoms with Crippen molar-refractivity contribution in [3.63, 3.8) is 0 Å².